The van der Waals surface area contributed by atoms with Crippen LogP contribution in [0.25, 0.3) is 61.3 Å². The third kappa shape index (κ3) is 5.36. The summed E-state index contributed by atoms with van der Waals surface area (Å²) in [4.78, 5) is 11.1. The van der Waals surface area contributed by atoms with E-state index in [0.29, 0.717) is 15.6 Å². The molecule has 0 unspecified atom stereocenters. The van der Waals surface area contributed by atoms with Crippen molar-refractivity contribution in [3.8, 4) is 39.5 Å². The normalized spacial score (nSPS) is 11.1. The van der Waals surface area contributed by atoms with Gasteiger partial charge in [-0.05, 0) is 41.0 Å². The van der Waals surface area contributed by atoms with Crippen LogP contribution in [0.1, 0.15) is 11.1 Å². The molecule has 2 aromatic heterocycles. The smallest absolute Gasteiger partial charge is 0.159 e. The highest BCUT2D eigenvalue weighted by molar-refractivity contribution is 7.90. The molecule has 8 rings (SSSR count). The highest BCUT2D eigenvalue weighted by Gasteiger charge is 2.16. The summed E-state index contributed by atoms with van der Waals surface area (Å²) in [5.74, 6) is 0.686. The third-order valence-corrected chi connectivity index (χ3v) is 9.51. The van der Waals surface area contributed by atoms with Crippen molar-refractivity contribution in [3.63, 3.8) is 0 Å². The van der Waals surface area contributed by atoms with E-state index in [4.69, 9.17) is 34.4 Å². The molecule has 0 spiro atoms. The number of nitrogens with zero attached hydrogens (tertiary/aromatic N) is 3. The lowest BCUT2D eigenvalue weighted by atomic mass is 9.98. The Morgan fingerprint density at radius 3 is 1.53 bits per heavy atom. The van der Waals surface area contributed by atoms with E-state index in [-0.39, 0.29) is 0 Å². The van der Waals surface area contributed by atoms with Gasteiger partial charge in [0.05, 0.1) is 26.5 Å². The van der Waals surface area contributed by atoms with Crippen molar-refractivity contribution >= 4 is 56.0 Å². The Labute approximate surface area is 283 Å². The number of rotatable bonds is 7. The van der Waals surface area contributed by atoms with Gasteiger partial charge in [0.1, 0.15) is 0 Å². The highest BCUT2D eigenvalue weighted by Crippen LogP contribution is 2.33. The van der Waals surface area contributed by atoms with Gasteiger partial charge < -0.3 is 4.57 Å². The van der Waals surface area contributed by atoms with E-state index in [1.54, 1.807) is 0 Å². The predicted octanol–water partition coefficient (Wildman–Crippen LogP) is 10.7. The van der Waals surface area contributed by atoms with E-state index in [1.807, 2.05) is 66.9 Å². The standard InChI is InChI=1S/C42H27N3S2/c46-40(41(47)31-23-25-33(26-24-31)45-37-17-9-7-15-34(37)35-16-8-10-18-38(35)45)30-21-19-29(20-22-30)39-36(28-11-3-1-4-12-28)27-43-42(44-39)32-13-5-2-6-14-32/h1-27H. The SMILES string of the molecule is S=C(C(=S)c1ccc(-n2c3ccccc3c3ccccc32)cc1)c1ccc(-c2nc(-c3ccccc3)ncc2-c2ccccc2)cc1. The lowest BCUT2D eigenvalue weighted by Crippen LogP contribution is -2.12. The first-order valence-corrected chi connectivity index (χ1v) is 16.2. The molecule has 0 aliphatic heterocycles. The summed E-state index contributed by atoms with van der Waals surface area (Å²) in [5, 5.41) is 2.47. The molecule has 0 saturated heterocycles. The van der Waals surface area contributed by atoms with Crippen LogP contribution in [0.5, 0.6) is 0 Å². The Balaban J connectivity index is 1.09. The second-order valence-corrected chi connectivity index (χ2v) is 12.2. The summed E-state index contributed by atoms with van der Waals surface area (Å²) in [6.45, 7) is 0. The topological polar surface area (TPSA) is 30.7 Å². The maximum absolute atomic E-state index is 5.94. The fourth-order valence-corrected chi connectivity index (χ4v) is 6.67. The molecule has 0 atom stereocenters. The van der Waals surface area contributed by atoms with Crippen LogP contribution >= 0.6 is 24.4 Å². The second-order valence-electron chi connectivity index (χ2n) is 11.3. The molecule has 222 valence electrons. The van der Waals surface area contributed by atoms with Crippen LogP contribution in [0, 0.1) is 0 Å². The van der Waals surface area contributed by atoms with Crippen molar-refractivity contribution in [1.82, 2.24) is 14.5 Å². The number of thiocarbonyl (C=S) groups is 2. The fraction of sp³-hybridized carbons (Fsp3) is 0. The number of fused-ring (bicyclic) bond motifs is 3. The number of para-hydroxylation sites is 2. The Hall–Kier alpha value is -5.62. The van der Waals surface area contributed by atoms with Crippen LogP contribution in [-0.2, 0) is 0 Å². The van der Waals surface area contributed by atoms with E-state index in [2.05, 4.69) is 102 Å². The minimum Gasteiger partial charge on any atom is -0.309 e. The summed E-state index contributed by atoms with van der Waals surface area (Å²) in [5.41, 5.74) is 10.1. The average molecular weight is 638 g/mol. The molecule has 0 aliphatic rings. The Kier molecular flexibility index (Phi) is 7.54. The minimum absolute atomic E-state index is 0.645. The molecule has 0 amide bonds. The summed E-state index contributed by atoms with van der Waals surface area (Å²) in [6, 6.07) is 53.9. The minimum atomic E-state index is 0.645. The van der Waals surface area contributed by atoms with Gasteiger partial charge in [-0.2, -0.15) is 0 Å². The van der Waals surface area contributed by atoms with Crippen LogP contribution in [0.2, 0.25) is 0 Å². The zero-order chi connectivity index (χ0) is 31.7. The molecule has 8 aromatic rings. The van der Waals surface area contributed by atoms with Crippen LogP contribution < -0.4 is 0 Å². The monoisotopic (exact) mass is 637 g/mol. The maximum Gasteiger partial charge on any atom is 0.159 e. The first kappa shape index (κ1) is 28.8. The third-order valence-electron chi connectivity index (χ3n) is 8.50. The van der Waals surface area contributed by atoms with Gasteiger partial charge in [0.25, 0.3) is 0 Å². The molecule has 2 heterocycles. The molecule has 0 N–H and O–H groups in total. The molecule has 0 radical (unpaired) electrons. The van der Waals surface area contributed by atoms with Crippen LogP contribution in [0.4, 0.5) is 0 Å². The molecule has 0 fully saturated rings. The van der Waals surface area contributed by atoms with E-state index in [9.17, 15) is 0 Å². The molecule has 47 heavy (non-hydrogen) atoms. The Morgan fingerprint density at radius 2 is 0.957 bits per heavy atom. The molecule has 0 saturated carbocycles. The van der Waals surface area contributed by atoms with Gasteiger partial charge in [0.2, 0.25) is 0 Å². The van der Waals surface area contributed by atoms with Crippen LogP contribution in [0.3, 0.4) is 0 Å². The Bertz CT molecular complexity index is 2360. The summed E-state index contributed by atoms with van der Waals surface area (Å²) >= 11 is 11.9. The molecular formula is C42H27N3S2. The Morgan fingerprint density at radius 1 is 0.468 bits per heavy atom. The van der Waals surface area contributed by atoms with Crippen LogP contribution in [-0.4, -0.2) is 24.3 Å². The van der Waals surface area contributed by atoms with E-state index < -0.39 is 0 Å². The van der Waals surface area contributed by atoms with Gasteiger partial charge in [0.15, 0.2) is 5.82 Å². The molecule has 3 nitrogen and oxygen atoms in total. The van der Waals surface area contributed by atoms with Crippen molar-refractivity contribution in [2.75, 3.05) is 0 Å². The number of benzene rings is 6. The molecule has 5 heteroatoms. The quantitative estimate of drug-likeness (QED) is 0.129. The first-order chi connectivity index (χ1) is 23.2. The van der Waals surface area contributed by atoms with Crippen molar-refractivity contribution < 1.29 is 0 Å². The van der Waals surface area contributed by atoms with Gasteiger partial charge >= 0.3 is 0 Å². The van der Waals surface area contributed by atoms with E-state index >= 15 is 0 Å². The summed E-state index contributed by atoms with van der Waals surface area (Å²) in [7, 11) is 0. The predicted molar refractivity (Wildman–Crippen MR) is 203 cm³/mol. The zero-order valence-electron chi connectivity index (χ0n) is 25.2. The molecule has 0 aliphatic carbocycles. The second kappa shape index (κ2) is 12.3. The van der Waals surface area contributed by atoms with Gasteiger partial charge in [-0.1, -0.05) is 158 Å². The van der Waals surface area contributed by atoms with Crippen molar-refractivity contribution in [2.45, 2.75) is 0 Å². The maximum atomic E-state index is 5.94. The first-order valence-electron chi connectivity index (χ1n) is 15.4. The molecule has 6 aromatic carbocycles. The number of hydrogen-bond donors (Lipinski definition) is 0. The van der Waals surface area contributed by atoms with Gasteiger partial charge in [-0.3, -0.25) is 0 Å². The largest absolute Gasteiger partial charge is 0.309 e. The lowest BCUT2D eigenvalue weighted by molar-refractivity contribution is 1.18. The molecule has 0 bridgehead atoms. The summed E-state index contributed by atoms with van der Waals surface area (Å²) < 4.78 is 2.30. The van der Waals surface area contributed by atoms with Crippen LogP contribution in [0.15, 0.2) is 164 Å². The van der Waals surface area contributed by atoms with Crippen molar-refractivity contribution in [3.05, 3.63) is 175 Å². The van der Waals surface area contributed by atoms with Crippen molar-refractivity contribution in [1.29, 1.82) is 0 Å². The highest BCUT2D eigenvalue weighted by atomic mass is 32.1. The van der Waals surface area contributed by atoms with Gasteiger partial charge in [-0.15, -0.1) is 0 Å². The molecular weight excluding hydrogens is 611 g/mol. The fourth-order valence-electron chi connectivity index (χ4n) is 6.16. The number of aromatic nitrogens is 3. The van der Waals surface area contributed by atoms with E-state index in [1.165, 1.54) is 21.8 Å². The van der Waals surface area contributed by atoms with Gasteiger partial charge in [-0.25, -0.2) is 9.97 Å². The summed E-state index contributed by atoms with van der Waals surface area (Å²) in [6.07, 6.45) is 1.91. The lowest BCUT2D eigenvalue weighted by Gasteiger charge is -2.13. The zero-order valence-corrected chi connectivity index (χ0v) is 26.9. The average Bonchev–Trinajstić information content (AvgIpc) is 3.49. The van der Waals surface area contributed by atoms with Crippen molar-refractivity contribution in [2.24, 2.45) is 0 Å². The van der Waals surface area contributed by atoms with E-state index in [0.717, 1.165) is 44.8 Å². The van der Waals surface area contributed by atoms with Gasteiger partial charge in [0, 0.05) is 39.3 Å². The number of hydrogen-bond acceptors (Lipinski definition) is 4.